The predicted octanol–water partition coefficient (Wildman–Crippen LogP) is 1.91. The molecule has 0 fully saturated rings. The first-order chi connectivity index (χ1) is 8.24. The van der Waals surface area contributed by atoms with Crippen LogP contribution >= 0.6 is 11.3 Å². The Morgan fingerprint density at radius 3 is 2.82 bits per heavy atom. The summed E-state index contributed by atoms with van der Waals surface area (Å²) in [5, 5.41) is 26.0. The van der Waals surface area contributed by atoms with Gasteiger partial charge in [-0.1, -0.05) is 18.2 Å². The molecule has 0 aliphatic heterocycles. The molecule has 0 bridgehead atoms. The van der Waals surface area contributed by atoms with Gasteiger partial charge in [0, 0.05) is 10.3 Å². The molecule has 92 valence electrons. The van der Waals surface area contributed by atoms with Crippen LogP contribution in [0.3, 0.4) is 0 Å². The van der Waals surface area contributed by atoms with E-state index in [4.69, 9.17) is 0 Å². The summed E-state index contributed by atoms with van der Waals surface area (Å²) in [6, 6.07) is 7.93. The van der Waals surface area contributed by atoms with Gasteiger partial charge in [0.15, 0.2) is 0 Å². The largest absolute Gasteiger partial charge is 0.390 e. The zero-order valence-corrected chi connectivity index (χ0v) is 10.6. The number of hydrogen-bond donors (Lipinski definition) is 3. The van der Waals surface area contributed by atoms with Gasteiger partial charge in [0.1, 0.15) is 6.10 Å². The standard InChI is InChI=1S/C13H17NO2S/c1-14-7-6-11(15)13(16)10-8-17-12-5-3-2-4-9(10)12/h2-5,8,11,13-16H,6-7H2,1H3. The predicted molar refractivity (Wildman–Crippen MR) is 71.3 cm³/mol. The lowest BCUT2D eigenvalue weighted by molar-refractivity contribution is 0.0151. The summed E-state index contributed by atoms with van der Waals surface area (Å²) in [6.45, 7) is 0.695. The van der Waals surface area contributed by atoms with Gasteiger partial charge in [-0.05, 0) is 36.8 Å². The first kappa shape index (κ1) is 12.5. The number of thiophene rings is 1. The van der Waals surface area contributed by atoms with Gasteiger partial charge in [0.05, 0.1) is 6.10 Å². The highest BCUT2D eigenvalue weighted by molar-refractivity contribution is 7.17. The molecule has 3 nitrogen and oxygen atoms in total. The Hall–Kier alpha value is -0.940. The molecule has 17 heavy (non-hydrogen) atoms. The Bertz CT molecular complexity index is 483. The van der Waals surface area contributed by atoms with Crippen LogP contribution in [-0.4, -0.2) is 29.9 Å². The van der Waals surface area contributed by atoms with Crippen molar-refractivity contribution in [3.05, 3.63) is 35.2 Å². The highest BCUT2D eigenvalue weighted by Crippen LogP contribution is 2.32. The third-order valence-corrected chi connectivity index (χ3v) is 3.87. The smallest absolute Gasteiger partial charge is 0.106 e. The molecular weight excluding hydrogens is 234 g/mol. The van der Waals surface area contributed by atoms with Gasteiger partial charge >= 0.3 is 0 Å². The number of benzene rings is 1. The molecule has 0 aliphatic carbocycles. The second-order valence-electron chi connectivity index (χ2n) is 4.09. The average Bonchev–Trinajstić information content (AvgIpc) is 2.78. The van der Waals surface area contributed by atoms with E-state index >= 15 is 0 Å². The van der Waals surface area contributed by atoms with E-state index in [1.165, 1.54) is 0 Å². The molecule has 4 heteroatoms. The molecule has 1 aromatic heterocycles. The molecular formula is C13H17NO2S. The summed E-state index contributed by atoms with van der Waals surface area (Å²) in [5.41, 5.74) is 0.828. The Balaban J connectivity index is 2.21. The van der Waals surface area contributed by atoms with Crippen LogP contribution in [0.4, 0.5) is 0 Å². The minimum absolute atomic E-state index is 0.543. The second kappa shape index (κ2) is 5.60. The van der Waals surface area contributed by atoms with Crippen molar-refractivity contribution in [2.24, 2.45) is 0 Å². The van der Waals surface area contributed by atoms with Crippen LogP contribution in [-0.2, 0) is 0 Å². The normalized spacial score (nSPS) is 15.0. The molecule has 0 saturated heterocycles. The van der Waals surface area contributed by atoms with Crippen molar-refractivity contribution in [1.29, 1.82) is 0 Å². The Morgan fingerprint density at radius 1 is 1.29 bits per heavy atom. The van der Waals surface area contributed by atoms with Gasteiger partial charge in [0.2, 0.25) is 0 Å². The molecule has 0 amide bonds. The fourth-order valence-electron chi connectivity index (χ4n) is 1.88. The van der Waals surface area contributed by atoms with E-state index in [1.807, 2.05) is 36.7 Å². The lowest BCUT2D eigenvalue weighted by Crippen LogP contribution is -2.23. The van der Waals surface area contributed by atoms with Gasteiger partial charge in [-0.2, -0.15) is 0 Å². The number of aliphatic hydroxyl groups excluding tert-OH is 2. The zero-order chi connectivity index (χ0) is 12.3. The second-order valence-corrected chi connectivity index (χ2v) is 5.00. The van der Waals surface area contributed by atoms with E-state index in [1.54, 1.807) is 11.3 Å². The quantitative estimate of drug-likeness (QED) is 0.761. The molecule has 2 aromatic rings. The topological polar surface area (TPSA) is 52.5 Å². The van der Waals surface area contributed by atoms with E-state index < -0.39 is 12.2 Å². The van der Waals surface area contributed by atoms with Gasteiger partial charge in [0.25, 0.3) is 0 Å². The zero-order valence-electron chi connectivity index (χ0n) is 9.76. The van der Waals surface area contributed by atoms with Crippen molar-refractivity contribution in [2.45, 2.75) is 18.6 Å². The first-order valence-electron chi connectivity index (χ1n) is 5.71. The monoisotopic (exact) mass is 251 g/mol. The van der Waals surface area contributed by atoms with E-state index in [-0.39, 0.29) is 0 Å². The fourth-order valence-corrected chi connectivity index (χ4v) is 2.88. The van der Waals surface area contributed by atoms with Crippen LogP contribution in [0.1, 0.15) is 18.1 Å². The summed E-state index contributed by atoms with van der Waals surface area (Å²) in [7, 11) is 1.83. The van der Waals surface area contributed by atoms with Crippen molar-refractivity contribution >= 4 is 21.4 Å². The summed E-state index contributed by atoms with van der Waals surface area (Å²) >= 11 is 1.60. The number of nitrogens with one attached hydrogen (secondary N) is 1. The molecule has 2 atom stereocenters. The van der Waals surface area contributed by atoms with E-state index in [9.17, 15) is 10.2 Å². The van der Waals surface area contributed by atoms with E-state index in [0.29, 0.717) is 13.0 Å². The molecule has 1 aromatic carbocycles. The van der Waals surface area contributed by atoms with Gasteiger partial charge in [-0.15, -0.1) is 11.3 Å². The molecule has 1 heterocycles. The molecule has 2 unspecified atom stereocenters. The maximum atomic E-state index is 10.1. The van der Waals surface area contributed by atoms with E-state index in [2.05, 4.69) is 5.32 Å². The van der Waals surface area contributed by atoms with E-state index in [0.717, 1.165) is 15.6 Å². The molecule has 2 rings (SSSR count). The Kier molecular flexibility index (Phi) is 4.12. The molecule has 0 saturated carbocycles. The van der Waals surface area contributed by atoms with Crippen molar-refractivity contribution in [3.63, 3.8) is 0 Å². The summed E-state index contributed by atoms with van der Waals surface area (Å²) in [5.74, 6) is 0. The highest BCUT2D eigenvalue weighted by atomic mass is 32.1. The fraction of sp³-hybridized carbons (Fsp3) is 0.385. The van der Waals surface area contributed by atoms with Gasteiger partial charge in [-0.3, -0.25) is 0 Å². The Morgan fingerprint density at radius 2 is 2.06 bits per heavy atom. The average molecular weight is 251 g/mol. The van der Waals surface area contributed by atoms with Gasteiger partial charge in [-0.25, -0.2) is 0 Å². The van der Waals surface area contributed by atoms with Crippen LogP contribution in [0, 0.1) is 0 Å². The van der Waals surface area contributed by atoms with Gasteiger partial charge < -0.3 is 15.5 Å². The van der Waals surface area contributed by atoms with Crippen LogP contribution in [0.5, 0.6) is 0 Å². The van der Waals surface area contributed by atoms with Crippen molar-refractivity contribution < 1.29 is 10.2 Å². The number of aliphatic hydroxyl groups is 2. The maximum absolute atomic E-state index is 10.1. The molecule has 3 N–H and O–H groups in total. The lowest BCUT2D eigenvalue weighted by atomic mass is 10.0. The number of rotatable bonds is 5. The minimum atomic E-state index is -0.806. The molecule has 0 spiro atoms. The third-order valence-electron chi connectivity index (χ3n) is 2.88. The number of fused-ring (bicyclic) bond motifs is 1. The number of hydrogen-bond acceptors (Lipinski definition) is 4. The van der Waals surface area contributed by atoms with Crippen LogP contribution < -0.4 is 5.32 Å². The highest BCUT2D eigenvalue weighted by Gasteiger charge is 2.20. The lowest BCUT2D eigenvalue weighted by Gasteiger charge is -2.17. The van der Waals surface area contributed by atoms with Crippen LogP contribution in [0.2, 0.25) is 0 Å². The van der Waals surface area contributed by atoms with Crippen molar-refractivity contribution in [1.82, 2.24) is 5.32 Å². The minimum Gasteiger partial charge on any atom is -0.390 e. The molecule has 0 radical (unpaired) electrons. The summed E-state index contributed by atoms with van der Waals surface area (Å²) in [4.78, 5) is 0. The third kappa shape index (κ3) is 2.66. The maximum Gasteiger partial charge on any atom is 0.106 e. The molecule has 0 aliphatic rings. The van der Waals surface area contributed by atoms with Crippen molar-refractivity contribution in [3.8, 4) is 0 Å². The van der Waals surface area contributed by atoms with Crippen molar-refractivity contribution in [2.75, 3.05) is 13.6 Å². The summed E-state index contributed by atoms with van der Waals surface area (Å²) in [6.07, 6.45) is -0.984. The van der Waals surface area contributed by atoms with Crippen LogP contribution in [0.15, 0.2) is 29.6 Å². The van der Waals surface area contributed by atoms with Crippen LogP contribution in [0.25, 0.3) is 10.1 Å². The SMILES string of the molecule is CNCCC(O)C(O)c1csc2ccccc12. The first-order valence-corrected chi connectivity index (χ1v) is 6.59. The Labute approximate surface area is 105 Å². The summed E-state index contributed by atoms with van der Waals surface area (Å²) < 4.78 is 1.14.